The Hall–Kier alpha value is -0.640. The largest absolute Gasteiger partial charge is 0.377 e. The molecule has 0 aromatic heterocycles. The van der Waals surface area contributed by atoms with Crippen molar-refractivity contribution in [2.75, 3.05) is 7.11 Å². The van der Waals surface area contributed by atoms with E-state index < -0.39 is 5.82 Å². The monoisotopic (exact) mass is 313 g/mol. The summed E-state index contributed by atoms with van der Waals surface area (Å²) in [6, 6.07) is 4.69. The Morgan fingerprint density at radius 1 is 1.29 bits per heavy atom. The summed E-state index contributed by atoms with van der Waals surface area (Å²) in [7, 11) is 1.73. The predicted molar refractivity (Wildman–Crippen MR) is 85.1 cm³/mol. The molecule has 0 saturated heterocycles. The summed E-state index contributed by atoms with van der Waals surface area (Å²) >= 11 is 6.04. The van der Waals surface area contributed by atoms with E-state index in [2.05, 4.69) is 13.8 Å². The summed E-state index contributed by atoms with van der Waals surface area (Å²) in [6.45, 7) is 4.56. The SMILES string of the molecule is COC1(C(N)Cc2cccc(F)c2Cl)CCC(C)(C)CC1. The summed E-state index contributed by atoms with van der Waals surface area (Å²) in [5, 5.41) is 0.176. The molecule has 4 heteroatoms. The van der Waals surface area contributed by atoms with E-state index in [-0.39, 0.29) is 16.7 Å². The quantitative estimate of drug-likeness (QED) is 0.897. The lowest BCUT2D eigenvalue weighted by molar-refractivity contribution is -0.0781. The maximum Gasteiger partial charge on any atom is 0.142 e. The molecule has 0 aliphatic heterocycles. The van der Waals surface area contributed by atoms with Gasteiger partial charge >= 0.3 is 0 Å². The third kappa shape index (κ3) is 3.58. The summed E-state index contributed by atoms with van der Waals surface area (Å²) in [5.74, 6) is -0.391. The molecule has 118 valence electrons. The van der Waals surface area contributed by atoms with Crippen molar-refractivity contribution in [1.29, 1.82) is 0 Å². The molecule has 0 bridgehead atoms. The summed E-state index contributed by atoms with van der Waals surface area (Å²) < 4.78 is 19.4. The molecule has 1 aromatic carbocycles. The normalized spacial score (nSPS) is 22.0. The van der Waals surface area contributed by atoms with Crippen molar-refractivity contribution >= 4 is 11.6 Å². The van der Waals surface area contributed by atoms with Gasteiger partial charge < -0.3 is 10.5 Å². The molecule has 1 fully saturated rings. The molecule has 0 heterocycles. The fourth-order valence-electron chi connectivity index (χ4n) is 3.21. The van der Waals surface area contributed by atoms with Crippen LogP contribution in [0, 0.1) is 11.2 Å². The molecule has 1 aromatic rings. The topological polar surface area (TPSA) is 35.2 Å². The number of hydrogen-bond donors (Lipinski definition) is 1. The minimum Gasteiger partial charge on any atom is -0.377 e. The van der Waals surface area contributed by atoms with Crippen LogP contribution in [0.25, 0.3) is 0 Å². The first kappa shape index (κ1) is 16.7. The first-order chi connectivity index (χ1) is 9.80. The van der Waals surface area contributed by atoms with E-state index in [1.54, 1.807) is 13.2 Å². The van der Waals surface area contributed by atoms with Crippen molar-refractivity contribution in [3.63, 3.8) is 0 Å². The molecule has 1 saturated carbocycles. The molecule has 1 atom stereocenters. The van der Waals surface area contributed by atoms with Crippen molar-refractivity contribution in [3.8, 4) is 0 Å². The Labute approximate surface area is 131 Å². The van der Waals surface area contributed by atoms with Crippen molar-refractivity contribution in [2.45, 2.75) is 57.6 Å². The van der Waals surface area contributed by atoms with Crippen LogP contribution in [-0.4, -0.2) is 18.8 Å². The Morgan fingerprint density at radius 3 is 2.48 bits per heavy atom. The number of halogens is 2. The van der Waals surface area contributed by atoms with Crippen LogP contribution in [0.15, 0.2) is 18.2 Å². The van der Waals surface area contributed by atoms with Gasteiger partial charge in [0.25, 0.3) is 0 Å². The van der Waals surface area contributed by atoms with Crippen LogP contribution in [0.5, 0.6) is 0 Å². The fraction of sp³-hybridized carbons (Fsp3) is 0.647. The fourth-order valence-corrected chi connectivity index (χ4v) is 3.41. The van der Waals surface area contributed by atoms with Crippen LogP contribution >= 0.6 is 11.6 Å². The van der Waals surface area contributed by atoms with Gasteiger partial charge in [-0.05, 0) is 49.1 Å². The number of rotatable bonds is 4. The number of nitrogens with two attached hydrogens (primary N) is 1. The predicted octanol–water partition coefficient (Wildman–Crippen LogP) is 4.33. The lowest BCUT2D eigenvalue weighted by Crippen LogP contribution is -2.53. The molecule has 2 rings (SSSR count). The van der Waals surface area contributed by atoms with E-state index in [1.165, 1.54) is 6.07 Å². The van der Waals surface area contributed by atoms with Crippen LogP contribution in [0.2, 0.25) is 5.02 Å². The average Bonchev–Trinajstić information content (AvgIpc) is 2.44. The second-order valence-corrected chi connectivity index (χ2v) is 7.33. The summed E-state index contributed by atoms with van der Waals surface area (Å²) in [4.78, 5) is 0. The van der Waals surface area contributed by atoms with Crippen molar-refractivity contribution in [3.05, 3.63) is 34.6 Å². The Bertz CT molecular complexity index is 494. The average molecular weight is 314 g/mol. The van der Waals surface area contributed by atoms with Gasteiger partial charge in [-0.15, -0.1) is 0 Å². The van der Waals surface area contributed by atoms with Crippen molar-refractivity contribution < 1.29 is 9.13 Å². The molecular formula is C17H25ClFNO. The van der Waals surface area contributed by atoms with Gasteiger partial charge in [-0.1, -0.05) is 37.6 Å². The summed E-state index contributed by atoms with van der Waals surface area (Å²) in [6.07, 6.45) is 4.58. The maximum absolute atomic E-state index is 13.5. The van der Waals surface area contributed by atoms with Gasteiger partial charge in [-0.2, -0.15) is 0 Å². The number of ether oxygens (including phenoxy) is 1. The highest BCUT2D eigenvalue weighted by atomic mass is 35.5. The zero-order valence-electron chi connectivity index (χ0n) is 13.1. The molecule has 1 aliphatic carbocycles. The van der Waals surface area contributed by atoms with Crippen LogP contribution in [0.1, 0.15) is 45.1 Å². The lowest BCUT2D eigenvalue weighted by Gasteiger charge is -2.46. The van der Waals surface area contributed by atoms with Crippen LogP contribution in [0.3, 0.4) is 0 Å². The van der Waals surface area contributed by atoms with Crippen molar-refractivity contribution in [2.24, 2.45) is 11.1 Å². The summed E-state index contributed by atoms with van der Waals surface area (Å²) in [5.41, 5.74) is 7.20. The first-order valence-corrected chi connectivity index (χ1v) is 7.91. The van der Waals surface area contributed by atoms with E-state index in [9.17, 15) is 4.39 Å². The zero-order valence-corrected chi connectivity index (χ0v) is 13.8. The van der Waals surface area contributed by atoms with Gasteiger partial charge in [0.15, 0.2) is 0 Å². The molecule has 21 heavy (non-hydrogen) atoms. The highest BCUT2D eigenvalue weighted by Crippen LogP contribution is 2.43. The number of methoxy groups -OCH3 is 1. The molecule has 1 unspecified atom stereocenters. The zero-order chi connectivity index (χ0) is 15.7. The van der Waals surface area contributed by atoms with Gasteiger partial charge in [-0.25, -0.2) is 4.39 Å². The Balaban J connectivity index is 2.14. The first-order valence-electron chi connectivity index (χ1n) is 7.53. The molecular weight excluding hydrogens is 289 g/mol. The molecule has 2 N–H and O–H groups in total. The standard InChI is InChI=1S/C17H25ClFNO/c1-16(2)7-9-17(21-3,10-8-16)14(20)11-12-5-4-6-13(19)15(12)18/h4-6,14H,7-11,20H2,1-3H3. The van der Waals surface area contributed by atoms with Gasteiger partial charge in [0.2, 0.25) is 0 Å². The molecule has 0 amide bonds. The second-order valence-electron chi connectivity index (χ2n) is 6.96. The highest BCUT2D eigenvalue weighted by molar-refractivity contribution is 6.31. The number of benzene rings is 1. The molecule has 0 spiro atoms. The third-order valence-corrected chi connectivity index (χ3v) is 5.43. The van der Waals surface area contributed by atoms with Crippen LogP contribution in [0.4, 0.5) is 4.39 Å². The van der Waals surface area contributed by atoms with E-state index in [0.717, 1.165) is 31.2 Å². The minimum absolute atomic E-state index is 0.176. The van der Waals surface area contributed by atoms with Gasteiger partial charge in [0, 0.05) is 13.2 Å². The van der Waals surface area contributed by atoms with Gasteiger partial charge in [0.1, 0.15) is 5.82 Å². The smallest absolute Gasteiger partial charge is 0.142 e. The van der Waals surface area contributed by atoms with Crippen molar-refractivity contribution in [1.82, 2.24) is 0 Å². The van der Waals surface area contributed by atoms with Crippen LogP contribution < -0.4 is 5.73 Å². The van der Waals surface area contributed by atoms with Gasteiger partial charge in [-0.3, -0.25) is 0 Å². The maximum atomic E-state index is 13.5. The highest BCUT2D eigenvalue weighted by Gasteiger charge is 2.42. The van der Waals surface area contributed by atoms with E-state index in [0.29, 0.717) is 11.8 Å². The van der Waals surface area contributed by atoms with E-state index in [4.69, 9.17) is 22.1 Å². The minimum atomic E-state index is -0.391. The van der Waals surface area contributed by atoms with Crippen LogP contribution in [-0.2, 0) is 11.2 Å². The molecule has 1 aliphatic rings. The lowest BCUT2D eigenvalue weighted by atomic mass is 9.68. The number of hydrogen-bond acceptors (Lipinski definition) is 2. The molecule has 0 radical (unpaired) electrons. The van der Waals surface area contributed by atoms with Gasteiger partial charge in [0.05, 0.1) is 10.6 Å². The van der Waals surface area contributed by atoms with E-state index in [1.807, 2.05) is 6.07 Å². The molecule has 2 nitrogen and oxygen atoms in total. The Morgan fingerprint density at radius 2 is 1.90 bits per heavy atom. The Kier molecular flexibility index (Phi) is 4.96. The third-order valence-electron chi connectivity index (χ3n) is 5.00. The van der Waals surface area contributed by atoms with E-state index >= 15 is 0 Å². The second kappa shape index (κ2) is 6.23.